The van der Waals surface area contributed by atoms with Gasteiger partial charge in [-0.3, -0.25) is 9.40 Å². The third-order valence-corrected chi connectivity index (χ3v) is 6.14. The molecule has 0 saturated heterocycles. The number of nitrogens with one attached hydrogen (secondary N) is 2. The minimum Gasteiger partial charge on any atom is -0.393 e. The van der Waals surface area contributed by atoms with Crippen molar-refractivity contribution in [2.75, 3.05) is 4.72 Å². The molecule has 1 aliphatic rings. The molecule has 1 aromatic carbocycles. The number of sulfonamides is 1. The number of aliphatic hydroxyl groups excluding tert-OH is 1. The predicted octanol–water partition coefficient (Wildman–Crippen LogP) is 2.39. The van der Waals surface area contributed by atoms with Crippen molar-refractivity contribution in [3.63, 3.8) is 0 Å². The Morgan fingerprint density at radius 3 is 2.88 bits per heavy atom. The molecule has 26 heavy (non-hydrogen) atoms. The second-order valence-electron chi connectivity index (χ2n) is 6.20. The lowest BCUT2D eigenvalue weighted by molar-refractivity contribution is 0.0433. The van der Waals surface area contributed by atoms with E-state index in [0.29, 0.717) is 34.3 Å². The van der Waals surface area contributed by atoms with Gasteiger partial charge < -0.3 is 10.1 Å². The van der Waals surface area contributed by atoms with Crippen molar-refractivity contribution in [3.05, 3.63) is 41.3 Å². The molecule has 0 amide bonds. The fraction of sp³-hybridized carbons (Fsp3) is 0.250. The maximum Gasteiger partial charge on any atom is 0.265 e. The van der Waals surface area contributed by atoms with Gasteiger partial charge in [0.25, 0.3) is 10.0 Å². The van der Waals surface area contributed by atoms with Crippen LogP contribution in [0.5, 0.6) is 0 Å². The van der Waals surface area contributed by atoms with Crippen molar-refractivity contribution in [1.29, 1.82) is 5.26 Å². The number of nitriles is 1. The van der Waals surface area contributed by atoms with E-state index in [1.165, 1.54) is 30.7 Å². The number of aromatic amines is 1. The molecule has 0 unspecified atom stereocenters. The average Bonchev–Trinajstić information content (AvgIpc) is 3.22. The number of hydrogen-bond acceptors (Lipinski definition) is 5. The summed E-state index contributed by atoms with van der Waals surface area (Å²) in [6.07, 6.45) is 4.97. The van der Waals surface area contributed by atoms with E-state index in [1.54, 1.807) is 4.68 Å². The SMILES string of the molecule is N#Cc1c[nH]c2c(NS(=O)(=O)c3cnn(C4CC(O)C4)c3)ccc(Cl)c12. The molecular formula is C16H14ClN5O3S. The first-order valence-electron chi connectivity index (χ1n) is 7.84. The minimum absolute atomic E-state index is 0.0118. The van der Waals surface area contributed by atoms with E-state index in [1.807, 2.05) is 6.07 Å². The molecular weight excluding hydrogens is 378 g/mol. The van der Waals surface area contributed by atoms with Crippen molar-refractivity contribution in [2.24, 2.45) is 0 Å². The molecule has 1 aliphatic carbocycles. The Bertz CT molecular complexity index is 1140. The van der Waals surface area contributed by atoms with Crippen LogP contribution in [0.15, 0.2) is 35.6 Å². The number of nitrogens with zero attached hydrogens (tertiary/aromatic N) is 3. The highest BCUT2D eigenvalue weighted by atomic mass is 35.5. The van der Waals surface area contributed by atoms with E-state index in [-0.39, 0.29) is 22.7 Å². The van der Waals surface area contributed by atoms with E-state index in [9.17, 15) is 13.5 Å². The van der Waals surface area contributed by atoms with Gasteiger partial charge in [-0.15, -0.1) is 0 Å². The highest BCUT2D eigenvalue weighted by Crippen LogP contribution is 2.34. The molecule has 0 bridgehead atoms. The molecule has 0 atom stereocenters. The second-order valence-corrected chi connectivity index (χ2v) is 8.29. The van der Waals surface area contributed by atoms with Gasteiger partial charge in [0.2, 0.25) is 0 Å². The van der Waals surface area contributed by atoms with Gasteiger partial charge in [0.1, 0.15) is 11.0 Å². The van der Waals surface area contributed by atoms with Crippen LogP contribution < -0.4 is 4.72 Å². The number of fused-ring (bicyclic) bond motifs is 1. The third-order valence-electron chi connectivity index (χ3n) is 4.50. The zero-order chi connectivity index (χ0) is 18.5. The molecule has 10 heteroatoms. The molecule has 2 aromatic heterocycles. The molecule has 2 heterocycles. The highest BCUT2D eigenvalue weighted by molar-refractivity contribution is 7.92. The van der Waals surface area contributed by atoms with Gasteiger partial charge in [0.15, 0.2) is 0 Å². The molecule has 0 radical (unpaired) electrons. The number of aliphatic hydroxyl groups is 1. The van der Waals surface area contributed by atoms with Gasteiger partial charge in [-0.25, -0.2) is 8.42 Å². The zero-order valence-corrected chi connectivity index (χ0v) is 14.9. The largest absolute Gasteiger partial charge is 0.393 e. The topological polar surface area (TPSA) is 124 Å². The Hall–Kier alpha value is -2.54. The summed E-state index contributed by atoms with van der Waals surface area (Å²) in [6.45, 7) is 0. The summed E-state index contributed by atoms with van der Waals surface area (Å²) in [5.74, 6) is 0. The standard InChI is InChI=1S/C16H14ClN5O3S/c17-13-1-2-14(16-15(13)9(5-18)6-19-16)21-26(24,25)12-7-20-22(8-12)10-3-11(23)4-10/h1-2,6-8,10-11,19,21,23H,3-4H2. The van der Waals surface area contributed by atoms with Gasteiger partial charge >= 0.3 is 0 Å². The van der Waals surface area contributed by atoms with Crippen molar-refractivity contribution < 1.29 is 13.5 Å². The molecule has 4 rings (SSSR count). The van der Waals surface area contributed by atoms with Gasteiger partial charge in [0, 0.05) is 17.8 Å². The number of rotatable bonds is 4. The maximum absolute atomic E-state index is 12.7. The van der Waals surface area contributed by atoms with E-state index in [2.05, 4.69) is 14.8 Å². The summed E-state index contributed by atoms with van der Waals surface area (Å²) in [4.78, 5) is 2.91. The smallest absolute Gasteiger partial charge is 0.265 e. The van der Waals surface area contributed by atoms with Crippen molar-refractivity contribution in [3.8, 4) is 6.07 Å². The van der Waals surface area contributed by atoms with Crippen LogP contribution in [0.25, 0.3) is 10.9 Å². The van der Waals surface area contributed by atoms with Crippen LogP contribution in [-0.2, 0) is 10.0 Å². The Kier molecular flexibility index (Phi) is 3.91. The molecule has 3 aromatic rings. The number of hydrogen-bond donors (Lipinski definition) is 3. The van der Waals surface area contributed by atoms with Crippen molar-refractivity contribution in [2.45, 2.75) is 29.9 Å². The predicted molar refractivity (Wildman–Crippen MR) is 95.3 cm³/mol. The normalized spacial score (nSPS) is 19.9. The van der Waals surface area contributed by atoms with Crippen LogP contribution >= 0.6 is 11.6 Å². The number of aromatic nitrogens is 3. The van der Waals surface area contributed by atoms with E-state index in [4.69, 9.17) is 16.9 Å². The summed E-state index contributed by atoms with van der Waals surface area (Å²) in [5.41, 5.74) is 1.06. The maximum atomic E-state index is 12.7. The first-order valence-corrected chi connectivity index (χ1v) is 9.70. The van der Waals surface area contributed by atoms with E-state index in [0.717, 1.165) is 0 Å². The number of H-pyrrole nitrogens is 1. The Morgan fingerprint density at radius 1 is 1.42 bits per heavy atom. The lowest BCUT2D eigenvalue weighted by Crippen LogP contribution is -2.31. The van der Waals surface area contributed by atoms with Crippen LogP contribution in [0, 0.1) is 11.3 Å². The van der Waals surface area contributed by atoms with Gasteiger partial charge in [-0.05, 0) is 25.0 Å². The quantitative estimate of drug-likeness (QED) is 0.629. The summed E-state index contributed by atoms with van der Waals surface area (Å²) in [7, 11) is -3.87. The highest BCUT2D eigenvalue weighted by Gasteiger charge is 2.30. The van der Waals surface area contributed by atoms with Crippen molar-refractivity contribution in [1.82, 2.24) is 14.8 Å². The van der Waals surface area contributed by atoms with Gasteiger partial charge in [-0.1, -0.05) is 11.6 Å². The fourth-order valence-electron chi connectivity index (χ4n) is 3.02. The van der Waals surface area contributed by atoms with Crippen LogP contribution in [-0.4, -0.2) is 34.4 Å². The Morgan fingerprint density at radius 2 is 2.19 bits per heavy atom. The first-order chi connectivity index (χ1) is 12.4. The zero-order valence-electron chi connectivity index (χ0n) is 13.3. The third kappa shape index (κ3) is 2.72. The van der Waals surface area contributed by atoms with Crippen LogP contribution in [0.3, 0.4) is 0 Å². The second kappa shape index (κ2) is 6.02. The van der Waals surface area contributed by atoms with Crippen LogP contribution in [0.1, 0.15) is 24.4 Å². The fourth-order valence-corrected chi connectivity index (χ4v) is 4.29. The molecule has 134 valence electrons. The van der Waals surface area contributed by atoms with Crippen LogP contribution in [0.4, 0.5) is 5.69 Å². The minimum atomic E-state index is -3.87. The number of halogens is 1. The lowest BCUT2D eigenvalue weighted by Gasteiger charge is -2.31. The monoisotopic (exact) mass is 391 g/mol. The molecule has 8 nitrogen and oxygen atoms in total. The van der Waals surface area contributed by atoms with E-state index < -0.39 is 10.0 Å². The number of anilines is 1. The molecule has 0 aliphatic heterocycles. The lowest BCUT2D eigenvalue weighted by atomic mass is 9.90. The van der Waals surface area contributed by atoms with Gasteiger partial charge in [-0.2, -0.15) is 10.4 Å². The Balaban J connectivity index is 1.67. The molecule has 3 N–H and O–H groups in total. The van der Waals surface area contributed by atoms with E-state index >= 15 is 0 Å². The van der Waals surface area contributed by atoms with Gasteiger partial charge in [0.05, 0.1) is 40.1 Å². The summed E-state index contributed by atoms with van der Waals surface area (Å²) in [6, 6.07) is 5.10. The average molecular weight is 392 g/mol. The molecule has 1 fully saturated rings. The summed E-state index contributed by atoms with van der Waals surface area (Å²) in [5, 5.41) is 23.4. The summed E-state index contributed by atoms with van der Waals surface area (Å²) >= 11 is 6.13. The number of benzene rings is 1. The molecule has 0 spiro atoms. The Labute approximate surface area is 154 Å². The summed E-state index contributed by atoms with van der Waals surface area (Å²) < 4.78 is 29.4. The van der Waals surface area contributed by atoms with Crippen molar-refractivity contribution >= 4 is 38.2 Å². The van der Waals surface area contributed by atoms with Crippen LogP contribution in [0.2, 0.25) is 5.02 Å². The molecule has 1 saturated carbocycles. The first kappa shape index (κ1) is 16.9.